The molecule has 3 nitrogen and oxygen atoms in total. The van der Waals surface area contributed by atoms with E-state index in [2.05, 4.69) is 119 Å². The largest absolute Gasteiger partial charge is 0.309 e. The standard InChI is InChI=1S/C38H23N3/c1-40-34-19-11-16-29(25-39)36(34)32-22-21-31(27-14-7-3-8-15-27)38-37(32)33-24-28(26-12-5-2-6-13-26)20-23-35(33)41(38)30-17-9-4-10-18-30/h2-24H. The average molecular weight is 522 g/mol. The summed E-state index contributed by atoms with van der Waals surface area (Å²) in [6.07, 6.45) is 0. The van der Waals surface area contributed by atoms with Crippen LogP contribution in [0, 0.1) is 17.9 Å². The van der Waals surface area contributed by atoms with Crippen molar-refractivity contribution in [2.75, 3.05) is 0 Å². The van der Waals surface area contributed by atoms with Gasteiger partial charge >= 0.3 is 0 Å². The molecule has 190 valence electrons. The van der Waals surface area contributed by atoms with Crippen LogP contribution in [-0.4, -0.2) is 4.57 Å². The van der Waals surface area contributed by atoms with Crippen molar-refractivity contribution in [2.24, 2.45) is 0 Å². The summed E-state index contributed by atoms with van der Waals surface area (Å²) in [5.41, 5.74) is 10.1. The minimum absolute atomic E-state index is 0.470. The fraction of sp³-hybridized carbons (Fsp3) is 0. The Balaban J connectivity index is 1.72. The highest BCUT2D eigenvalue weighted by molar-refractivity contribution is 6.21. The topological polar surface area (TPSA) is 33.1 Å². The second kappa shape index (κ2) is 10.0. The van der Waals surface area contributed by atoms with Crippen LogP contribution < -0.4 is 0 Å². The lowest BCUT2D eigenvalue weighted by molar-refractivity contribution is 1.18. The van der Waals surface area contributed by atoms with Crippen molar-refractivity contribution in [3.8, 4) is 45.1 Å². The molecule has 0 amide bonds. The third-order valence-corrected chi connectivity index (χ3v) is 7.67. The Bertz CT molecular complexity index is 2110. The second-order valence-corrected chi connectivity index (χ2v) is 9.94. The third-order valence-electron chi connectivity index (χ3n) is 7.67. The summed E-state index contributed by atoms with van der Waals surface area (Å²) in [6, 6.07) is 49.7. The summed E-state index contributed by atoms with van der Waals surface area (Å²) in [7, 11) is 0. The lowest BCUT2D eigenvalue weighted by atomic mass is 9.91. The Morgan fingerprint density at radius 1 is 0.610 bits per heavy atom. The molecule has 0 spiro atoms. The SMILES string of the molecule is [C-]#[N+]c1cccc(C#N)c1-c1ccc(-c2ccccc2)c2c1c1cc(-c3ccccc3)ccc1n2-c1ccccc1. The highest BCUT2D eigenvalue weighted by Crippen LogP contribution is 2.46. The summed E-state index contributed by atoms with van der Waals surface area (Å²) in [5.74, 6) is 0. The van der Waals surface area contributed by atoms with Gasteiger partial charge in [-0.05, 0) is 52.6 Å². The molecule has 0 fully saturated rings. The van der Waals surface area contributed by atoms with Crippen molar-refractivity contribution in [1.82, 2.24) is 4.57 Å². The van der Waals surface area contributed by atoms with Crippen molar-refractivity contribution in [2.45, 2.75) is 0 Å². The molecule has 0 aliphatic rings. The fourth-order valence-corrected chi connectivity index (χ4v) is 5.87. The van der Waals surface area contributed by atoms with Crippen LogP contribution in [0.4, 0.5) is 5.69 Å². The number of fused-ring (bicyclic) bond motifs is 3. The van der Waals surface area contributed by atoms with E-state index in [-0.39, 0.29) is 0 Å². The molecule has 7 rings (SSSR count). The molecule has 0 radical (unpaired) electrons. The van der Waals surface area contributed by atoms with Crippen molar-refractivity contribution in [3.05, 3.63) is 157 Å². The minimum Gasteiger partial charge on any atom is -0.309 e. The molecule has 0 atom stereocenters. The van der Waals surface area contributed by atoms with Gasteiger partial charge in [0.2, 0.25) is 0 Å². The number of rotatable bonds is 4. The van der Waals surface area contributed by atoms with Crippen molar-refractivity contribution in [1.29, 1.82) is 5.26 Å². The van der Waals surface area contributed by atoms with Crippen LogP contribution in [0.2, 0.25) is 0 Å². The number of nitriles is 1. The molecule has 0 bridgehead atoms. The summed E-state index contributed by atoms with van der Waals surface area (Å²) < 4.78 is 2.32. The Morgan fingerprint density at radius 2 is 1.27 bits per heavy atom. The number of benzene rings is 6. The summed E-state index contributed by atoms with van der Waals surface area (Å²) in [5, 5.41) is 12.2. The molecular formula is C38H23N3. The number of hydrogen-bond acceptors (Lipinski definition) is 1. The first-order chi connectivity index (χ1) is 20.3. The zero-order valence-corrected chi connectivity index (χ0v) is 22.1. The molecule has 6 aromatic carbocycles. The molecule has 0 saturated heterocycles. The number of para-hydroxylation sites is 1. The van der Waals surface area contributed by atoms with Crippen molar-refractivity contribution < 1.29 is 0 Å². The molecule has 7 aromatic rings. The molecule has 0 saturated carbocycles. The Morgan fingerprint density at radius 3 is 1.95 bits per heavy atom. The van der Waals surface area contributed by atoms with Gasteiger partial charge in [0.1, 0.15) is 0 Å². The van der Waals surface area contributed by atoms with Crippen LogP contribution in [0.5, 0.6) is 0 Å². The van der Waals surface area contributed by atoms with Gasteiger partial charge in [-0.25, -0.2) is 4.85 Å². The Hall–Kier alpha value is -5.90. The molecule has 1 heterocycles. The van der Waals surface area contributed by atoms with Crippen LogP contribution in [0.25, 0.3) is 65.7 Å². The van der Waals surface area contributed by atoms with E-state index in [1.165, 1.54) is 0 Å². The van der Waals surface area contributed by atoms with Gasteiger partial charge in [-0.15, -0.1) is 0 Å². The van der Waals surface area contributed by atoms with Crippen LogP contribution in [0.1, 0.15) is 5.56 Å². The van der Waals surface area contributed by atoms with E-state index < -0.39 is 0 Å². The minimum atomic E-state index is 0.470. The van der Waals surface area contributed by atoms with E-state index in [1.54, 1.807) is 18.2 Å². The molecule has 0 aliphatic heterocycles. The van der Waals surface area contributed by atoms with Gasteiger partial charge in [0.25, 0.3) is 0 Å². The predicted octanol–water partition coefficient (Wildman–Crippen LogP) is 10.2. The molecule has 41 heavy (non-hydrogen) atoms. The van der Waals surface area contributed by atoms with E-state index in [0.717, 1.165) is 55.3 Å². The number of hydrogen-bond donors (Lipinski definition) is 0. The maximum atomic E-state index is 10.1. The predicted molar refractivity (Wildman–Crippen MR) is 168 cm³/mol. The number of nitrogens with zero attached hydrogens (tertiary/aromatic N) is 3. The zero-order chi connectivity index (χ0) is 27.8. The van der Waals surface area contributed by atoms with Gasteiger partial charge in [0.05, 0.1) is 23.7 Å². The zero-order valence-electron chi connectivity index (χ0n) is 22.1. The first-order valence-corrected chi connectivity index (χ1v) is 13.5. The third kappa shape index (κ3) is 3.97. The monoisotopic (exact) mass is 521 g/mol. The van der Waals surface area contributed by atoms with Gasteiger partial charge in [-0.1, -0.05) is 109 Å². The first-order valence-electron chi connectivity index (χ1n) is 13.5. The summed E-state index contributed by atoms with van der Waals surface area (Å²) >= 11 is 0. The summed E-state index contributed by atoms with van der Waals surface area (Å²) in [6.45, 7) is 7.95. The van der Waals surface area contributed by atoms with Crippen LogP contribution >= 0.6 is 0 Å². The van der Waals surface area contributed by atoms with Crippen molar-refractivity contribution >= 4 is 27.5 Å². The second-order valence-electron chi connectivity index (χ2n) is 9.94. The lowest BCUT2D eigenvalue weighted by Gasteiger charge is -2.15. The van der Waals surface area contributed by atoms with E-state index in [1.807, 2.05) is 18.2 Å². The fourth-order valence-electron chi connectivity index (χ4n) is 5.87. The van der Waals surface area contributed by atoms with Gasteiger partial charge in [0.15, 0.2) is 5.69 Å². The van der Waals surface area contributed by atoms with Crippen LogP contribution in [0.15, 0.2) is 140 Å². The van der Waals surface area contributed by atoms with Crippen LogP contribution in [-0.2, 0) is 0 Å². The summed E-state index contributed by atoms with van der Waals surface area (Å²) in [4.78, 5) is 3.85. The molecular weight excluding hydrogens is 498 g/mol. The van der Waals surface area contributed by atoms with Gasteiger partial charge < -0.3 is 4.57 Å². The Labute approximate surface area is 238 Å². The van der Waals surface area contributed by atoms with E-state index in [9.17, 15) is 5.26 Å². The van der Waals surface area contributed by atoms with Gasteiger partial charge in [-0.2, -0.15) is 5.26 Å². The van der Waals surface area contributed by atoms with E-state index in [0.29, 0.717) is 16.8 Å². The van der Waals surface area contributed by atoms with Gasteiger partial charge in [0, 0.05) is 33.2 Å². The Kier molecular flexibility index (Phi) is 5.90. The van der Waals surface area contributed by atoms with Crippen LogP contribution in [0.3, 0.4) is 0 Å². The average Bonchev–Trinajstić information content (AvgIpc) is 3.40. The smallest absolute Gasteiger partial charge is 0.196 e. The highest BCUT2D eigenvalue weighted by atomic mass is 15.0. The highest BCUT2D eigenvalue weighted by Gasteiger charge is 2.23. The lowest BCUT2D eigenvalue weighted by Crippen LogP contribution is -1.96. The molecule has 0 aliphatic carbocycles. The maximum Gasteiger partial charge on any atom is 0.196 e. The molecule has 3 heteroatoms. The van der Waals surface area contributed by atoms with E-state index in [4.69, 9.17) is 6.57 Å². The maximum absolute atomic E-state index is 10.1. The molecule has 1 aromatic heterocycles. The normalized spacial score (nSPS) is 10.9. The first kappa shape index (κ1) is 24.2. The van der Waals surface area contributed by atoms with Crippen molar-refractivity contribution in [3.63, 3.8) is 0 Å². The molecule has 0 N–H and O–H groups in total. The number of aromatic nitrogens is 1. The molecule has 0 unspecified atom stereocenters. The quantitative estimate of drug-likeness (QED) is 0.212. The van der Waals surface area contributed by atoms with Gasteiger partial charge in [-0.3, -0.25) is 0 Å². The van der Waals surface area contributed by atoms with E-state index >= 15 is 0 Å².